The van der Waals surface area contributed by atoms with Crippen LogP contribution in [0.4, 0.5) is 5.69 Å². The number of aryl methyl sites for hydroxylation is 1. The molecule has 0 aliphatic carbocycles. The van der Waals surface area contributed by atoms with Crippen molar-refractivity contribution in [3.63, 3.8) is 0 Å². The van der Waals surface area contributed by atoms with Crippen LogP contribution in [-0.2, 0) is 6.42 Å². The summed E-state index contributed by atoms with van der Waals surface area (Å²) in [5.74, 6) is 0. The Morgan fingerprint density at radius 2 is 2.18 bits per heavy atom. The average Bonchev–Trinajstić information content (AvgIpc) is 2.47. The number of aromatic nitrogens is 2. The molecule has 0 radical (unpaired) electrons. The normalized spacial score (nSPS) is 12.1. The molecule has 2 rings (SSSR count). The Morgan fingerprint density at radius 1 is 1.41 bits per heavy atom. The molecule has 1 aromatic heterocycles. The van der Waals surface area contributed by atoms with Gasteiger partial charge >= 0.3 is 0 Å². The second kappa shape index (κ2) is 7.22. The van der Waals surface area contributed by atoms with Gasteiger partial charge in [0.1, 0.15) is 0 Å². The molecule has 0 unspecified atom stereocenters. The number of hydrogen-bond acceptors (Lipinski definition) is 5. The van der Waals surface area contributed by atoms with Crippen molar-refractivity contribution in [1.29, 1.82) is 0 Å². The summed E-state index contributed by atoms with van der Waals surface area (Å²) < 4.78 is 0. The van der Waals surface area contributed by atoms with Crippen LogP contribution in [0.1, 0.15) is 36.8 Å². The maximum absolute atomic E-state index is 11.6. The molecule has 1 atom stereocenters. The lowest BCUT2D eigenvalue weighted by molar-refractivity contribution is -0.384. The van der Waals surface area contributed by atoms with E-state index in [1.165, 1.54) is 23.9 Å². The van der Waals surface area contributed by atoms with Gasteiger partial charge < -0.3 is 4.98 Å². The van der Waals surface area contributed by atoms with Crippen LogP contribution in [0.15, 0.2) is 40.3 Å². The van der Waals surface area contributed by atoms with Crippen molar-refractivity contribution in [1.82, 2.24) is 9.97 Å². The van der Waals surface area contributed by atoms with E-state index >= 15 is 0 Å². The summed E-state index contributed by atoms with van der Waals surface area (Å²) >= 11 is 1.38. The molecule has 0 saturated heterocycles. The van der Waals surface area contributed by atoms with E-state index in [1.54, 1.807) is 12.1 Å². The van der Waals surface area contributed by atoms with Crippen molar-refractivity contribution in [2.75, 3.05) is 0 Å². The molecule has 6 nitrogen and oxygen atoms in total. The zero-order valence-electron chi connectivity index (χ0n) is 12.4. The molecule has 116 valence electrons. The number of nitro benzene ring substituents is 1. The first-order valence-electron chi connectivity index (χ1n) is 7.01. The lowest BCUT2D eigenvalue weighted by Gasteiger charge is -2.11. The van der Waals surface area contributed by atoms with Gasteiger partial charge in [-0.25, -0.2) is 4.98 Å². The van der Waals surface area contributed by atoms with Gasteiger partial charge in [0.05, 0.1) is 4.92 Å². The highest BCUT2D eigenvalue weighted by Crippen LogP contribution is 2.33. The second-order valence-electron chi connectivity index (χ2n) is 4.90. The number of rotatable bonds is 6. The standard InChI is InChI=1S/C15H17N3O3S/c1-3-5-12-9-14(19)17-15(16-12)22-10(2)11-6-4-7-13(8-11)18(20)21/h4,6-10H,3,5H2,1-2H3,(H,16,17,19)/t10-/m1/s1. The molecule has 22 heavy (non-hydrogen) atoms. The van der Waals surface area contributed by atoms with Crippen LogP contribution in [0.3, 0.4) is 0 Å². The Morgan fingerprint density at radius 3 is 2.86 bits per heavy atom. The first-order valence-corrected chi connectivity index (χ1v) is 7.88. The number of benzene rings is 1. The highest BCUT2D eigenvalue weighted by atomic mass is 32.2. The molecule has 0 amide bonds. The molecule has 7 heteroatoms. The van der Waals surface area contributed by atoms with Crippen molar-refractivity contribution >= 4 is 17.4 Å². The fourth-order valence-electron chi connectivity index (χ4n) is 2.05. The van der Waals surface area contributed by atoms with Gasteiger partial charge in [0.15, 0.2) is 5.16 Å². The van der Waals surface area contributed by atoms with Crippen LogP contribution < -0.4 is 5.56 Å². The fourth-order valence-corrected chi connectivity index (χ4v) is 3.00. The second-order valence-corrected chi connectivity index (χ2v) is 6.23. The van der Waals surface area contributed by atoms with E-state index < -0.39 is 4.92 Å². The Hall–Kier alpha value is -2.15. The SMILES string of the molecule is CCCc1cc(=O)[nH]c(S[C@H](C)c2cccc([N+](=O)[O-])c2)n1. The number of aromatic amines is 1. The van der Waals surface area contributed by atoms with E-state index in [0.29, 0.717) is 5.16 Å². The monoisotopic (exact) mass is 319 g/mol. The predicted octanol–water partition coefficient (Wildman–Crippen LogP) is 3.48. The molecule has 0 fully saturated rings. The topological polar surface area (TPSA) is 88.9 Å². The molecular formula is C15H17N3O3S. The summed E-state index contributed by atoms with van der Waals surface area (Å²) in [4.78, 5) is 29.2. The summed E-state index contributed by atoms with van der Waals surface area (Å²) in [5, 5.41) is 11.3. The number of nitrogens with one attached hydrogen (secondary N) is 1. The zero-order chi connectivity index (χ0) is 16.1. The minimum atomic E-state index is -0.414. The molecule has 1 aromatic carbocycles. The smallest absolute Gasteiger partial charge is 0.269 e. The van der Waals surface area contributed by atoms with E-state index in [0.717, 1.165) is 24.1 Å². The summed E-state index contributed by atoms with van der Waals surface area (Å²) in [6.07, 6.45) is 1.67. The van der Waals surface area contributed by atoms with Crippen molar-refractivity contribution in [2.24, 2.45) is 0 Å². The van der Waals surface area contributed by atoms with E-state index in [2.05, 4.69) is 9.97 Å². The Bertz CT molecular complexity index is 730. The molecule has 2 aromatic rings. The van der Waals surface area contributed by atoms with Gasteiger partial charge in [-0.15, -0.1) is 0 Å². The van der Waals surface area contributed by atoms with Crippen LogP contribution in [0.5, 0.6) is 0 Å². The first kappa shape index (κ1) is 16.2. The molecule has 0 bridgehead atoms. The summed E-state index contributed by atoms with van der Waals surface area (Å²) in [6.45, 7) is 3.96. The Balaban J connectivity index is 2.21. The number of H-pyrrole nitrogens is 1. The lowest BCUT2D eigenvalue weighted by Crippen LogP contribution is -2.10. The first-order chi connectivity index (χ1) is 10.5. The van der Waals surface area contributed by atoms with Crippen LogP contribution >= 0.6 is 11.8 Å². The third-order valence-corrected chi connectivity index (χ3v) is 4.16. The molecule has 0 aliphatic rings. The highest BCUT2D eigenvalue weighted by molar-refractivity contribution is 7.99. The Kier molecular flexibility index (Phi) is 5.32. The average molecular weight is 319 g/mol. The summed E-state index contributed by atoms with van der Waals surface area (Å²) in [7, 11) is 0. The van der Waals surface area contributed by atoms with Crippen molar-refractivity contribution in [3.05, 3.63) is 62.1 Å². The number of hydrogen-bond donors (Lipinski definition) is 1. The number of thioether (sulfide) groups is 1. The Labute approximate surface area is 132 Å². The summed E-state index contributed by atoms with van der Waals surface area (Å²) in [6, 6.07) is 8.01. The molecule has 1 heterocycles. The minimum absolute atomic E-state index is 0.0556. The van der Waals surface area contributed by atoms with Gasteiger partial charge in [-0.2, -0.15) is 0 Å². The van der Waals surface area contributed by atoms with Crippen molar-refractivity contribution < 1.29 is 4.92 Å². The van der Waals surface area contributed by atoms with E-state index in [1.807, 2.05) is 19.9 Å². The van der Waals surface area contributed by atoms with Crippen LogP contribution in [0.2, 0.25) is 0 Å². The summed E-state index contributed by atoms with van der Waals surface area (Å²) in [5.41, 5.74) is 1.47. The number of nitrogens with zero attached hydrogens (tertiary/aromatic N) is 2. The van der Waals surface area contributed by atoms with Crippen molar-refractivity contribution in [2.45, 2.75) is 37.1 Å². The van der Waals surface area contributed by atoms with E-state index in [9.17, 15) is 14.9 Å². The highest BCUT2D eigenvalue weighted by Gasteiger charge is 2.13. The molecule has 1 N–H and O–H groups in total. The van der Waals surface area contributed by atoms with Crippen molar-refractivity contribution in [3.8, 4) is 0 Å². The molecule has 0 spiro atoms. The zero-order valence-corrected chi connectivity index (χ0v) is 13.2. The van der Waals surface area contributed by atoms with Gasteiger partial charge in [-0.1, -0.05) is 37.2 Å². The lowest BCUT2D eigenvalue weighted by atomic mass is 10.1. The maximum atomic E-state index is 11.6. The quantitative estimate of drug-likeness (QED) is 0.381. The minimum Gasteiger partial charge on any atom is -0.301 e. The largest absolute Gasteiger partial charge is 0.301 e. The van der Waals surface area contributed by atoms with Gasteiger partial charge in [0, 0.05) is 29.1 Å². The van der Waals surface area contributed by atoms with Gasteiger partial charge in [-0.05, 0) is 18.9 Å². The third kappa shape index (κ3) is 4.17. The fraction of sp³-hybridized carbons (Fsp3) is 0.333. The predicted molar refractivity (Wildman–Crippen MR) is 86.2 cm³/mol. The number of nitro groups is 1. The van der Waals surface area contributed by atoms with Gasteiger partial charge in [0.25, 0.3) is 11.2 Å². The van der Waals surface area contributed by atoms with Gasteiger partial charge in [-0.3, -0.25) is 14.9 Å². The van der Waals surface area contributed by atoms with E-state index in [-0.39, 0.29) is 16.5 Å². The number of non-ortho nitro benzene ring substituents is 1. The molecular weight excluding hydrogens is 302 g/mol. The van der Waals surface area contributed by atoms with Crippen LogP contribution in [0, 0.1) is 10.1 Å². The van der Waals surface area contributed by atoms with Gasteiger partial charge in [0.2, 0.25) is 0 Å². The van der Waals surface area contributed by atoms with Crippen LogP contribution in [0.25, 0.3) is 0 Å². The van der Waals surface area contributed by atoms with E-state index in [4.69, 9.17) is 0 Å². The van der Waals surface area contributed by atoms with Crippen LogP contribution in [-0.4, -0.2) is 14.9 Å². The molecule has 0 saturated carbocycles. The third-order valence-electron chi connectivity index (χ3n) is 3.12. The molecule has 0 aliphatic heterocycles. The maximum Gasteiger partial charge on any atom is 0.269 e.